The highest BCUT2D eigenvalue weighted by Crippen LogP contribution is 2.22. The van der Waals surface area contributed by atoms with Crippen LogP contribution in [0.3, 0.4) is 0 Å². The van der Waals surface area contributed by atoms with Crippen molar-refractivity contribution in [2.75, 3.05) is 39.5 Å². The van der Waals surface area contributed by atoms with Crippen LogP contribution in [-0.2, 0) is 28.6 Å². The van der Waals surface area contributed by atoms with E-state index in [-0.39, 0.29) is 11.8 Å². The summed E-state index contributed by atoms with van der Waals surface area (Å²) in [6, 6.07) is -0.947. The molecule has 0 aliphatic carbocycles. The molecule has 6 N–H and O–H groups in total. The minimum Gasteiger partial charge on any atom is -0.394 e. The first kappa shape index (κ1) is 31.2. The lowest BCUT2D eigenvalue weighted by molar-refractivity contribution is -0.270. The number of aliphatic hydroxyl groups is 3. The fourth-order valence-electron chi connectivity index (χ4n) is 3.58. The molecule has 0 aromatic carbocycles. The molecule has 0 bridgehead atoms. The van der Waals surface area contributed by atoms with Crippen LogP contribution in [0, 0.1) is 0 Å². The zero-order valence-corrected chi connectivity index (χ0v) is 20.9. The molecule has 1 rings (SSSR count). The molecule has 0 spiro atoms. The Hall–Kier alpha value is -1.83. The normalized spacial score (nSPS) is 24.1. The van der Waals surface area contributed by atoms with E-state index >= 15 is 0 Å². The molecule has 12 heteroatoms. The summed E-state index contributed by atoms with van der Waals surface area (Å²) in [7, 11) is 0. The quantitative estimate of drug-likeness (QED) is 0.127. The first-order chi connectivity index (χ1) is 16.8. The van der Waals surface area contributed by atoms with Gasteiger partial charge < -0.3 is 45.5 Å². The van der Waals surface area contributed by atoms with Crippen molar-refractivity contribution < 1.29 is 43.9 Å². The Morgan fingerprint density at radius 1 is 0.886 bits per heavy atom. The van der Waals surface area contributed by atoms with Crippen molar-refractivity contribution >= 4 is 17.7 Å². The molecule has 0 aromatic rings. The van der Waals surface area contributed by atoms with Crippen LogP contribution in [0.25, 0.3) is 0 Å². The SMILES string of the molecule is CCOCCC(=O)NCCCNC(=O)CCCCCCOC1OC(CO)C(O)C(O)C1NC(C)=O. The molecule has 1 heterocycles. The van der Waals surface area contributed by atoms with Crippen LogP contribution in [0.1, 0.15) is 58.8 Å². The van der Waals surface area contributed by atoms with Gasteiger partial charge in [0.1, 0.15) is 24.4 Å². The predicted octanol–water partition coefficient (Wildman–Crippen LogP) is -1.05. The molecule has 1 aliphatic heterocycles. The lowest BCUT2D eigenvalue weighted by atomic mass is 9.97. The number of ether oxygens (including phenoxy) is 3. The van der Waals surface area contributed by atoms with Crippen LogP contribution in [-0.4, -0.2) is 103 Å². The summed E-state index contributed by atoms with van der Waals surface area (Å²) in [6.07, 6.45) is -0.201. The molecule has 35 heavy (non-hydrogen) atoms. The standard InChI is InChI=1S/C23H43N3O9/c1-3-33-14-10-19(30)25-12-8-11-24-18(29)9-6-4-5-7-13-34-23-20(26-16(2)28)22(32)21(31)17(15-27)35-23/h17,20-23,27,31-32H,3-15H2,1-2H3,(H,24,29)(H,25,30)(H,26,28). The summed E-state index contributed by atoms with van der Waals surface area (Å²) in [4.78, 5) is 34.8. The highest BCUT2D eigenvalue weighted by molar-refractivity contribution is 5.76. The fourth-order valence-corrected chi connectivity index (χ4v) is 3.58. The van der Waals surface area contributed by atoms with E-state index in [1.165, 1.54) is 6.92 Å². The number of amides is 3. The van der Waals surface area contributed by atoms with Crippen molar-refractivity contribution in [1.29, 1.82) is 0 Å². The second-order valence-electron chi connectivity index (χ2n) is 8.47. The minimum absolute atomic E-state index is 0.0275. The summed E-state index contributed by atoms with van der Waals surface area (Å²) in [5, 5.41) is 37.7. The molecular formula is C23H43N3O9. The number of hydrogen-bond donors (Lipinski definition) is 6. The zero-order chi connectivity index (χ0) is 26.1. The van der Waals surface area contributed by atoms with Crippen molar-refractivity contribution in [2.24, 2.45) is 0 Å². The van der Waals surface area contributed by atoms with E-state index in [0.29, 0.717) is 58.6 Å². The van der Waals surface area contributed by atoms with E-state index in [0.717, 1.165) is 19.3 Å². The predicted molar refractivity (Wildman–Crippen MR) is 126 cm³/mol. The number of carbonyl (C=O) groups is 3. The summed E-state index contributed by atoms with van der Waals surface area (Å²) in [5.41, 5.74) is 0. The van der Waals surface area contributed by atoms with Gasteiger partial charge in [-0.3, -0.25) is 14.4 Å². The van der Waals surface area contributed by atoms with Crippen LogP contribution in [0.15, 0.2) is 0 Å². The van der Waals surface area contributed by atoms with Gasteiger partial charge in [0.2, 0.25) is 17.7 Å². The Kier molecular flexibility index (Phi) is 16.4. The second-order valence-corrected chi connectivity index (χ2v) is 8.47. The molecule has 1 aliphatic rings. The lowest BCUT2D eigenvalue weighted by Crippen LogP contribution is -2.64. The average Bonchev–Trinajstić information content (AvgIpc) is 2.82. The molecule has 5 unspecified atom stereocenters. The Morgan fingerprint density at radius 3 is 2.17 bits per heavy atom. The largest absolute Gasteiger partial charge is 0.394 e. The van der Waals surface area contributed by atoms with Gasteiger partial charge in [-0.05, 0) is 26.2 Å². The maximum atomic E-state index is 11.9. The van der Waals surface area contributed by atoms with E-state index in [1.807, 2.05) is 6.92 Å². The van der Waals surface area contributed by atoms with Gasteiger partial charge in [0, 0.05) is 46.1 Å². The van der Waals surface area contributed by atoms with Gasteiger partial charge in [-0.25, -0.2) is 0 Å². The number of aliphatic hydroxyl groups excluding tert-OH is 3. The van der Waals surface area contributed by atoms with Crippen LogP contribution >= 0.6 is 0 Å². The number of nitrogens with one attached hydrogen (secondary N) is 3. The van der Waals surface area contributed by atoms with Gasteiger partial charge in [0.25, 0.3) is 0 Å². The third-order valence-electron chi connectivity index (χ3n) is 5.51. The first-order valence-electron chi connectivity index (χ1n) is 12.4. The van der Waals surface area contributed by atoms with Gasteiger partial charge in [0.05, 0.1) is 13.2 Å². The zero-order valence-electron chi connectivity index (χ0n) is 20.9. The molecule has 204 valence electrons. The summed E-state index contributed by atoms with van der Waals surface area (Å²) in [6.45, 7) is 4.98. The summed E-state index contributed by atoms with van der Waals surface area (Å²) in [5.74, 6) is -0.488. The number of carbonyl (C=O) groups excluding carboxylic acids is 3. The van der Waals surface area contributed by atoms with Gasteiger partial charge in [-0.2, -0.15) is 0 Å². The molecule has 0 aromatic heterocycles. The molecule has 0 radical (unpaired) electrons. The van der Waals surface area contributed by atoms with Crippen molar-refractivity contribution in [2.45, 2.75) is 89.4 Å². The average molecular weight is 506 g/mol. The van der Waals surface area contributed by atoms with Crippen molar-refractivity contribution in [3.8, 4) is 0 Å². The number of rotatable bonds is 18. The first-order valence-corrected chi connectivity index (χ1v) is 12.4. The molecule has 12 nitrogen and oxygen atoms in total. The molecule has 1 saturated heterocycles. The number of unbranched alkanes of at least 4 members (excludes halogenated alkanes) is 3. The summed E-state index contributed by atoms with van der Waals surface area (Å²) < 4.78 is 16.3. The summed E-state index contributed by atoms with van der Waals surface area (Å²) >= 11 is 0. The van der Waals surface area contributed by atoms with E-state index < -0.39 is 43.2 Å². The van der Waals surface area contributed by atoms with Gasteiger partial charge in [-0.1, -0.05) is 12.8 Å². The third kappa shape index (κ3) is 13.2. The molecule has 3 amide bonds. The van der Waals surface area contributed by atoms with Crippen molar-refractivity contribution in [1.82, 2.24) is 16.0 Å². The smallest absolute Gasteiger partial charge is 0.222 e. The Morgan fingerprint density at radius 2 is 1.54 bits per heavy atom. The monoisotopic (exact) mass is 505 g/mol. The van der Waals surface area contributed by atoms with Crippen LogP contribution < -0.4 is 16.0 Å². The van der Waals surface area contributed by atoms with E-state index in [1.54, 1.807) is 0 Å². The molecule has 0 saturated carbocycles. The van der Waals surface area contributed by atoms with E-state index in [9.17, 15) is 29.7 Å². The van der Waals surface area contributed by atoms with Crippen LogP contribution in [0.2, 0.25) is 0 Å². The Balaban J connectivity index is 2.11. The highest BCUT2D eigenvalue weighted by atomic mass is 16.7. The topological polar surface area (TPSA) is 176 Å². The van der Waals surface area contributed by atoms with Gasteiger partial charge in [0.15, 0.2) is 6.29 Å². The second kappa shape index (κ2) is 18.4. The fraction of sp³-hybridized carbons (Fsp3) is 0.870. The minimum atomic E-state index is -1.34. The lowest BCUT2D eigenvalue weighted by Gasteiger charge is -2.42. The van der Waals surface area contributed by atoms with Crippen molar-refractivity contribution in [3.05, 3.63) is 0 Å². The van der Waals surface area contributed by atoms with Crippen molar-refractivity contribution in [3.63, 3.8) is 0 Å². The van der Waals surface area contributed by atoms with Gasteiger partial charge >= 0.3 is 0 Å². The number of hydrogen-bond acceptors (Lipinski definition) is 9. The Labute approximate surface area is 207 Å². The Bertz CT molecular complexity index is 623. The van der Waals surface area contributed by atoms with E-state index in [2.05, 4.69) is 16.0 Å². The molecule has 1 fully saturated rings. The maximum absolute atomic E-state index is 11.9. The molecular weight excluding hydrogens is 462 g/mol. The highest BCUT2D eigenvalue weighted by Gasteiger charge is 2.45. The van der Waals surface area contributed by atoms with E-state index in [4.69, 9.17) is 14.2 Å². The van der Waals surface area contributed by atoms with Crippen LogP contribution in [0.5, 0.6) is 0 Å². The molecule has 5 atom stereocenters. The van der Waals surface area contributed by atoms with Crippen LogP contribution in [0.4, 0.5) is 0 Å². The van der Waals surface area contributed by atoms with Gasteiger partial charge in [-0.15, -0.1) is 0 Å². The third-order valence-corrected chi connectivity index (χ3v) is 5.51. The maximum Gasteiger partial charge on any atom is 0.222 e.